The van der Waals surface area contributed by atoms with Crippen LogP contribution >= 0.6 is 11.3 Å². The Bertz CT molecular complexity index is 1100. The highest BCUT2D eigenvalue weighted by Gasteiger charge is 2.21. The standard InChI is InChI=1S/C22H16F4O3S/c1-12-3-8-19(30-12)17(27)6-4-13-5-7-18(28-2)14(9-13)11-29-22-20(25)15(23)10-16(24)21(22)26/h3-10H,11H2,1-2H3/b6-4+. The number of halogens is 4. The van der Waals surface area contributed by atoms with Gasteiger partial charge in [-0.25, -0.2) is 8.78 Å². The molecule has 0 bridgehead atoms. The van der Waals surface area contributed by atoms with E-state index < -0.39 is 35.6 Å². The summed E-state index contributed by atoms with van der Waals surface area (Å²) < 4.78 is 64.5. The molecule has 0 radical (unpaired) electrons. The molecule has 0 saturated carbocycles. The first kappa shape index (κ1) is 21.6. The number of rotatable bonds is 7. The zero-order valence-corrected chi connectivity index (χ0v) is 16.8. The maximum atomic E-state index is 13.8. The van der Waals surface area contributed by atoms with Crippen molar-refractivity contribution in [1.29, 1.82) is 0 Å². The number of ether oxygens (including phenoxy) is 2. The quantitative estimate of drug-likeness (QED) is 0.194. The van der Waals surface area contributed by atoms with Crippen molar-refractivity contribution in [3.8, 4) is 11.5 Å². The Hall–Kier alpha value is -3.13. The first-order chi connectivity index (χ1) is 14.3. The normalized spacial score (nSPS) is 11.1. The van der Waals surface area contributed by atoms with Gasteiger partial charge in [-0.1, -0.05) is 12.1 Å². The van der Waals surface area contributed by atoms with Crippen molar-refractivity contribution in [2.75, 3.05) is 7.11 Å². The third-order valence-corrected chi connectivity index (χ3v) is 5.17. The van der Waals surface area contributed by atoms with Crippen molar-refractivity contribution in [1.82, 2.24) is 0 Å². The highest BCUT2D eigenvalue weighted by atomic mass is 32.1. The molecule has 0 saturated heterocycles. The summed E-state index contributed by atoms with van der Waals surface area (Å²) in [6.07, 6.45) is 2.97. The molecule has 0 N–H and O–H groups in total. The second kappa shape index (κ2) is 9.13. The number of ketones is 1. The molecule has 0 unspecified atom stereocenters. The lowest BCUT2D eigenvalue weighted by Gasteiger charge is -2.13. The second-order valence-corrected chi connectivity index (χ2v) is 7.55. The average Bonchev–Trinajstić information content (AvgIpc) is 3.17. The molecular formula is C22H16F4O3S. The van der Waals surface area contributed by atoms with Crippen LogP contribution in [0.5, 0.6) is 11.5 Å². The van der Waals surface area contributed by atoms with Crippen LogP contribution in [0.25, 0.3) is 6.08 Å². The Balaban J connectivity index is 1.82. The van der Waals surface area contributed by atoms with Gasteiger partial charge in [0.2, 0.25) is 11.6 Å². The minimum absolute atomic E-state index is 0.107. The van der Waals surface area contributed by atoms with Gasteiger partial charge in [-0.05, 0) is 42.8 Å². The van der Waals surface area contributed by atoms with Crippen LogP contribution in [0, 0.1) is 30.2 Å². The first-order valence-corrected chi connectivity index (χ1v) is 9.53. The number of hydrogen-bond donors (Lipinski definition) is 0. The first-order valence-electron chi connectivity index (χ1n) is 8.71. The van der Waals surface area contributed by atoms with E-state index in [0.717, 1.165) is 4.88 Å². The van der Waals surface area contributed by atoms with Crippen LogP contribution in [0.2, 0.25) is 0 Å². The fraction of sp³-hybridized carbons (Fsp3) is 0.136. The molecule has 0 amide bonds. The lowest BCUT2D eigenvalue weighted by atomic mass is 10.1. The van der Waals surface area contributed by atoms with E-state index in [2.05, 4.69) is 0 Å². The number of hydrogen-bond acceptors (Lipinski definition) is 4. The monoisotopic (exact) mass is 436 g/mol. The summed E-state index contributed by atoms with van der Waals surface area (Å²) in [6, 6.07) is 8.53. The van der Waals surface area contributed by atoms with E-state index in [1.165, 1.54) is 24.5 Å². The maximum absolute atomic E-state index is 13.8. The number of aryl methyl sites for hydroxylation is 1. The molecule has 30 heavy (non-hydrogen) atoms. The summed E-state index contributed by atoms with van der Waals surface area (Å²) in [4.78, 5) is 13.8. The van der Waals surface area contributed by atoms with Gasteiger partial charge in [-0.3, -0.25) is 4.79 Å². The molecule has 0 aliphatic carbocycles. The number of carbonyl (C=O) groups excluding carboxylic acids is 1. The van der Waals surface area contributed by atoms with Gasteiger partial charge < -0.3 is 9.47 Å². The largest absolute Gasteiger partial charge is 0.496 e. The SMILES string of the molecule is COc1ccc(/C=C/C(=O)c2ccc(C)s2)cc1COc1c(F)c(F)cc(F)c1F. The summed E-state index contributed by atoms with van der Waals surface area (Å²) in [5, 5.41) is 0. The van der Waals surface area contributed by atoms with E-state index >= 15 is 0 Å². The van der Waals surface area contributed by atoms with Crippen molar-refractivity contribution in [3.63, 3.8) is 0 Å². The molecule has 0 fully saturated rings. The van der Waals surface area contributed by atoms with Crippen LogP contribution < -0.4 is 9.47 Å². The van der Waals surface area contributed by atoms with Crippen molar-refractivity contribution >= 4 is 23.2 Å². The molecule has 3 aromatic rings. The Morgan fingerprint density at radius 1 is 1.03 bits per heavy atom. The summed E-state index contributed by atoms with van der Waals surface area (Å²) in [7, 11) is 1.39. The topological polar surface area (TPSA) is 35.5 Å². The molecule has 0 spiro atoms. The van der Waals surface area contributed by atoms with Gasteiger partial charge in [-0.2, -0.15) is 8.78 Å². The molecule has 1 aromatic heterocycles. The molecule has 1 heterocycles. The van der Waals surface area contributed by atoms with Crippen molar-refractivity contribution < 1.29 is 31.8 Å². The molecule has 0 aliphatic heterocycles. The molecule has 2 aromatic carbocycles. The van der Waals surface area contributed by atoms with Crippen molar-refractivity contribution in [2.45, 2.75) is 13.5 Å². The smallest absolute Gasteiger partial charge is 0.203 e. The van der Waals surface area contributed by atoms with Gasteiger partial charge in [0.1, 0.15) is 12.4 Å². The molecule has 3 nitrogen and oxygen atoms in total. The molecule has 156 valence electrons. The number of benzene rings is 2. The lowest BCUT2D eigenvalue weighted by molar-refractivity contribution is 0.105. The average molecular weight is 436 g/mol. The minimum atomic E-state index is -1.62. The summed E-state index contributed by atoms with van der Waals surface area (Å²) in [6.45, 7) is 1.48. The fourth-order valence-electron chi connectivity index (χ4n) is 2.66. The fourth-order valence-corrected chi connectivity index (χ4v) is 3.45. The number of carbonyl (C=O) groups is 1. The van der Waals surface area contributed by atoms with Gasteiger partial charge in [0.25, 0.3) is 0 Å². The molecule has 3 rings (SSSR count). The van der Waals surface area contributed by atoms with E-state index in [1.807, 2.05) is 13.0 Å². The molecule has 8 heteroatoms. The van der Waals surface area contributed by atoms with Crippen LogP contribution in [0.3, 0.4) is 0 Å². The Kier molecular flexibility index (Phi) is 6.56. The van der Waals surface area contributed by atoms with Crippen LogP contribution in [0.15, 0.2) is 42.5 Å². The Labute approximate surface area is 174 Å². The van der Waals surface area contributed by atoms with Crippen LogP contribution in [0.1, 0.15) is 25.7 Å². The van der Waals surface area contributed by atoms with Gasteiger partial charge in [0.05, 0.1) is 12.0 Å². The molecule has 0 atom stereocenters. The molecule has 0 aliphatic rings. The Morgan fingerprint density at radius 3 is 2.33 bits per heavy atom. The van der Waals surface area contributed by atoms with Gasteiger partial charge >= 0.3 is 0 Å². The van der Waals surface area contributed by atoms with E-state index in [1.54, 1.807) is 30.3 Å². The van der Waals surface area contributed by atoms with Crippen molar-refractivity contribution in [3.05, 3.63) is 86.6 Å². The zero-order valence-electron chi connectivity index (χ0n) is 16.0. The predicted octanol–water partition coefficient (Wildman–Crippen LogP) is 6.10. The third kappa shape index (κ3) is 4.71. The van der Waals surface area contributed by atoms with Gasteiger partial charge in [0, 0.05) is 16.5 Å². The summed E-state index contributed by atoms with van der Waals surface area (Å²) in [5.74, 6) is -7.35. The van der Waals surface area contributed by atoms with E-state index in [-0.39, 0.29) is 11.8 Å². The van der Waals surface area contributed by atoms with Crippen LogP contribution in [-0.4, -0.2) is 12.9 Å². The van der Waals surface area contributed by atoms with Crippen molar-refractivity contribution in [2.24, 2.45) is 0 Å². The number of thiophene rings is 1. The van der Waals surface area contributed by atoms with Gasteiger partial charge in [0.15, 0.2) is 23.2 Å². The van der Waals surface area contributed by atoms with E-state index in [4.69, 9.17) is 9.47 Å². The predicted molar refractivity (Wildman–Crippen MR) is 106 cm³/mol. The third-order valence-electron chi connectivity index (χ3n) is 4.16. The Morgan fingerprint density at radius 2 is 1.73 bits per heavy atom. The van der Waals surface area contributed by atoms with Gasteiger partial charge in [-0.15, -0.1) is 11.3 Å². The van der Waals surface area contributed by atoms with E-state index in [9.17, 15) is 22.4 Å². The number of methoxy groups -OCH3 is 1. The van der Waals surface area contributed by atoms with Crippen LogP contribution in [-0.2, 0) is 6.61 Å². The second-order valence-electron chi connectivity index (χ2n) is 6.27. The lowest BCUT2D eigenvalue weighted by Crippen LogP contribution is -2.05. The highest BCUT2D eigenvalue weighted by Crippen LogP contribution is 2.29. The van der Waals surface area contributed by atoms with Crippen LogP contribution in [0.4, 0.5) is 17.6 Å². The maximum Gasteiger partial charge on any atom is 0.203 e. The highest BCUT2D eigenvalue weighted by molar-refractivity contribution is 7.14. The van der Waals surface area contributed by atoms with E-state index in [0.29, 0.717) is 21.8 Å². The summed E-state index contributed by atoms with van der Waals surface area (Å²) in [5.41, 5.74) is 0.963. The summed E-state index contributed by atoms with van der Waals surface area (Å²) >= 11 is 1.38. The minimum Gasteiger partial charge on any atom is -0.496 e. The zero-order chi connectivity index (χ0) is 21.8. The molecular weight excluding hydrogens is 420 g/mol. The number of allylic oxidation sites excluding steroid dienone is 1.